The zero-order chi connectivity index (χ0) is 21.8. The van der Waals surface area contributed by atoms with Crippen molar-refractivity contribution >= 4 is 21.6 Å². The number of nitriles is 1. The number of halogens is 3. The highest BCUT2D eigenvalue weighted by Crippen LogP contribution is 2.66. The van der Waals surface area contributed by atoms with Gasteiger partial charge in [0.15, 0.2) is 0 Å². The molecule has 0 heterocycles. The van der Waals surface area contributed by atoms with Gasteiger partial charge in [-0.05, 0) is 49.6 Å². The van der Waals surface area contributed by atoms with Crippen LogP contribution >= 0.6 is 0 Å². The summed E-state index contributed by atoms with van der Waals surface area (Å²) in [7, 11) is -4.21. The van der Waals surface area contributed by atoms with Crippen LogP contribution in [0.1, 0.15) is 35.2 Å². The van der Waals surface area contributed by atoms with Crippen molar-refractivity contribution in [2.75, 3.05) is 4.72 Å². The van der Waals surface area contributed by atoms with Crippen molar-refractivity contribution in [2.24, 2.45) is 5.41 Å². The van der Waals surface area contributed by atoms with Crippen molar-refractivity contribution in [3.8, 4) is 6.07 Å². The molecule has 1 amide bonds. The molecule has 30 heavy (non-hydrogen) atoms. The summed E-state index contributed by atoms with van der Waals surface area (Å²) in [6.07, 6.45) is -3.27. The lowest BCUT2D eigenvalue weighted by atomic mass is 9.40. The van der Waals surface area contributed by atoms with Crippen LogP contribution < -0.4 is 10.0 Å². The maximum absolute atomic E-state index is 13.2. The molecule has 2 bridgehead atoms. The predicted octanol–water partition coefficient (Wildman–Crippen LogP) is 3.68. The Morgan fingerprint density at radius 1 is 1.07 bits per heavy atom. The zero-order valence-corrected chi connectivity index (χ0v) is 16.3. The van der Waals surface area contributed by atoms with E-state index in [9.17, 15) is 26.4 Å². The molecule has 156 valence electrons. The third kappa shape index (κ3) is 3.39. The number of carbonyl (C=O) groups excluding carboxylic acids is 1. The molecule has 0 unspecified atom stereocenters. The van der Waals surface area contributed by atoms with Crippen LogP contribution in [0.5, 0.6) is 0 Å². The summed E-state index contributed by atoms with van der Waals surface area (Å²) >= 11 is 0. The monoisotopic (exact) mass is 435 g/mol. The van der Waals surface area contributed by atoms with Crippen LogP contribution in [0.25, 0.3) is 0 Å². The van der Waals surface area contributed by atoms with Gasteiger partial charge in [0.1, 0.15) is 0 Å². The van der Waals surface area contributed by atoms with E-state index in [0.717, 1.165) is 12.1 Å². The van der Waals surface area contributed by atoms with Crippen molar-refractivity contribution in [1.82, 2.24) is 5.32 Å². The lowest BCUT2D eigenvalue weighted by Crippen LogP contribution is -2.74. The Labute approximate surface area is 170 Å². The summed E-state index contributed by atoms with van der Waals surface area (Å²) in [6, 6.07) is 11.6. The average molecular weight is 435 g/mol. The Bertz CT molecular complexity index is 1150. The zero-order valence-electron chi connectivity index (χ0n) is 15.5. The third-order valence-corrected chi connectivity index (χ3v) is 6.92. The maximum Gasteiger partial charge on any atom is 0.416 e. The first-order valence-corrected chi connectivity index (χ1v) is 10.5. The van der Waals surface area contributed by atoms with Gasteiger partial charge in [-0.1, -0.05) is 18.2 Å². The molecule has 3 aliphatic carbocycles. The number of anilines is 1. The molecule has 3 saturated carbocycles. The van der Waals surface area contributed by atoms with E-state index in [2.05, 4.69) is 16.1 Å². The quantitative estimate of drug-likeness (QED) is 0.748. The lowest BCUT2D eigenvalue weighted by molar-refractivity contribution is -0.137. The number of rotatable bonds is 5. The Kier molecular flexibility index (Phi) is 4.36. The first-order valence-electron chi connectivity index (χ1n) is 9.01. The van der Waals surface area contributed by atoms with Gasteiger partial charge in [0.2, 0.25) is 0 Å². The van der Waals surface area contributed by atoms with Crippen molar-refractivity contribution in [2.45, 2.75) is 35.9 Å². The van der Waals surface area contributed by atoms with Gasteiger partial charge in [0, 0.05) is 5.54 Å². The van der Waals surface area contributed by atoms with E-state index in [-0.39, 0.29) is 10.5 Å². The summed E-state index contributed by atoms with van der Waals surface area (Å²) in [5, 5.41) is 11.8. The van der Waals surface area contributed by atoms with Crippen LogP contribution in [0.3, 0.4) is 0 Å². The number of amides is 1. The Hall–Kier alpha value is -3.06. The number of hydrogen-bond donors (Lipinski definition) is 2. The number of benzene rings is 2. The summed E-state index contributed by atoms with van der Waals surface area (Å²) in [5.74, 6) is -0.694. The number of hydrogen-bond acceptors (Lipinski definition) is 4. The van der Waals surface area contributed by atoms with E-state index in [1.165, 1.54) is 24.3 Å². The Morgan fingerprint density at radius 2 is 1.70 bits per heavy atom. The van der Waals surface area contributed by atoms with E-state index in [1.807, 2.05) is 0 Å². The molecule has 0 atom stereocenters. The summed E-state index contributed by atoms with van der Waals surface area (Å²) in [6.45, 7) is 0. The second kappa shape index (κ2) is 6.47. The molecule has 2 N–H and O–H groups in total. The van der Waals surface area contributed by atoms with Gasteiger partial charge in [-0.15, -0.1) is 0 Å². The van der Waals surface area contributed by atoms with Crippen LogP contribution in [0, 0.1) is 16.7 Å². The summed E-state index contributed by atoms with van der Waals surface area (Å²) < 4.78 is 66.9. The highest BCUT2D eigenvalue weighted by Gasteiger charge is 2.69. The molecule has 5 rings (SSSR count). The predicted molar refractivity (Wildman–Crippen MR) is 101 cm³/mol. The van der Waals surface area contributed by atoms with Gasteiger partial charge in [-0.2, -0.15) is 18.4 Å². The second-order valence-corrected chi connectivity index (χ2v) is 9.52. The maximum atomic E-state index is 13.2. The molecular formula is C20H16F3N3O3S. The molecule has 0 aliphatic heterocycles. The molecule has 2 aromatic rings. The topological polar surface area (TPSA) is 99.1 Å². The summed E-state index contributed by atoms with van der Waals surface area (Å²) in [5.41, 5.74) is -2.75. The first-order chi connectivity index (χ1) is 14.0. The van der Waals surface area contributed by atoms with Crippen LogP contribution in [-0.4, -0.2) is 19.9 Å². The fourth-order valence-corrected chi connectivity index (χ4v) is 5.25. The molecular weight excluding hydrogens is 419 g/mol. The highest BCUT2D eigenvalue weighted by atomic mass is 32.2. The summed E-state index contributed by atoms with van der Waals surface area (Å²) in [4.78, 5) is 12.6. The molecule has 6 nitrogen and oxygen atoms in total. The fourth-order valence-electron chi connectivity index (χ4n) is 4.15. The van der Waals surface area contributed by atoms with E-state index < -0.39 is 44.3 Å². The van der Waals surface area contributed by atoms with Gasteiger partial charge in [0.05, 0.1) is 33.2 Å². The average Bonchev–Trinajstić information content (AvgIpc) is 2.63. The largest absolute Gasteiger partial charge is 0.416 e. The normalized spacial score (nSPS) is 24.7. The van der Waals surface area contributed by atoms with Crippen molar-refractivity contribution < 1.29 is 26.4 Å². The smallest absolute Gasteiger partial charge is 0.346 e. The minimum absolute atomic E-state index is 0.149. The number of nitrogens with one attached hydrogen (secondary N) is 2. The van der Waals surface area contributed by atoms with E-state index >= 15 is 0 Å². The van der Waals surface area contributed by atoms with Crippen LogP contribution in [0.4, 0.5) is 18.9 Å². The van der Waals surface area contributed by atoms with Crippen LogP contribution in [0.15, 0.2) is 53.4 Å². The van der Waals surface area contributed by atoms with Crippen LogP contribution in [-0.2, 0) is 16.2 Å². The lowest BCUT2D eigenvalue weighted by Gasteiger charge is -2.66. The minimum atomic E-state index is -4.71. The molecule has 2 aromatic carbocycles. The van der Waals surface area contributed by atoms with Gasteiger partial charge in [-0.25, -0.2) is 8.42 Å². The molecule has 0 aromatic heterocycles. The molecule has 10 heteroatoms. The van der Waals surface area contributed by atoms with Crippen LogP contribution in [0.2, 0.25) is 0 Å². The van der Waals surface area contributed by atoms with E-state index in [1.54, 1.807) is 6.07 Å². The van der Waals surface area contributed by atoms with Crippen molar-refractivity contribution in [3.05, 3.63) is 59.7 Å². The number of carbonyl (C=O) groups is 1. The fraction of sp³-hybridized carbons (Fsp3) is 0.300. The van der Waals surface area contributed by atoms with Gasteiger partial charge in [-0.3, -0.25) is 9.52 Å². The Morgan fingerprint density at radius 3 is 2.27 bits per heavy atom. The SMILES string of the molecule is N#CC12CC(NC(=O)c3ccc(C(F)(F)F)cc3NS(=O)(=O)c3ccccc3)(C1)C2. The number of sulfonamides is 1. The number of nitrogens with zero attached hydrogens (tertiary/aromatic N) is 1. The molecule has 3 aliphatic rings. The molecule has 0 saturated heterocycles. The minimum Gasteiger partial charge on any atom is -0.346 e. The third-order valence-electron chi connectivity index (χ3n) is 5.54. The van der Waals surface area contributed by atoms with Crippen molar-refractivity contribution in [3.63, 3.8) is 0 Å². The second-order valence-electron chi connectivity index (χ2n) is 7.83. The van der Waals surface area contributed by atoms with Gasteiger partial charge < -0.3 is 5.32 Å². The van der Waals surface area contributed by atoms with Crippen molar-refractivity contribution in [1.29, 1.82) is 5.26 Å². The standard InChI is InChI=1S/C20H16F3N3O3S/c21-20(22,23)13-6-7-15(17(27)25-19-9-18(10-19,11-19)12-24)16(8-13)26-30(28,29)14-4-2-1-3-5-14/h1-8,26H,9-11H2,(H,25,27). The molecule has 3 fully saturated rings. The van der Waals surface area contributed by atoms with E-state index in [0.29, 0.717) is 25.3 Å². The number of alkyl halides is 3. The first kappa shape index (κ1) is 20.2. The van der Waals surface area contributed by atoms with Gasteiger partial charge >= 0.3 is 6.18 Å². The highest BCUT2D eigenvalue weighted by molar-refractivity contribution is 7.92. The molecule has 0 spiro atoms. The molecule has 0 radical (unpaired) electrons. The Balaban J connectivity index is 1.65. The van der Waals surface area contributed by atoms with Gasteiger partial charge in [0.25, 0.3) is 15.9 Å². The van der Waals surface area contributed by atoms with E-state index in [4.69, 9.17) is 5.26 Å².